The summed E-state index contributed by atoms with van der Waals surface area (Å²) in [4.78, 5) is 95.9. The fourth-order valence-corrected chi connectivity index (χ4v) is 4.37. The zero-order chi connectivity index (χ0) is 39.3. The Labute approximate surface area is 295 Å². The number of guanidine groups is 2. The summed E-state index contributed by atoms with van der Waals surface area (Å²) in [5, 5.41) is 40.0. The van der Waals surface area contributed by atoms with Crippen LogP contribution in [0.3, 0.4) is 0 Å². The SMILES string of the molecule is CC(C)C[C@H](NC(=O)[C@H](CCC(=O)O)NC(=O)[C@H](CCCN=C(N)N)NC(=O)[C@@H](N)[C@@H](C)O)C(=O)N[C@@H](CCCN=C(N)N)C(=O)NCC(=O)O. The molecule has 22 nitrogen and oxygen atoms in total. The van der Waals surface area contributed by atoms with E-state index in [1.807, 2.05) is 0 Å². The number of rotatable bonds is 25. The largest absolute Gasteiger partial charge is 0.481 e. The molecule has 0 bridgehead atoms. The Kier molecular flexibility index (Phi) is 21.5. The Bertz CT molecular complexity index is 1250. The van der Waals surface area contributed by atoms with E-state index in [-0.39, 0.29) is 63.0 Å². The quantitative estimate of drug-likeness (QED) is 0.0237. The number of aliphatic hydroxyl groups excluding tert-OH is 1. The zero-order valence-electron chi connectivity index (χ0n) is 29.1. The molecule has 0 saturated carbocycles. The van der Waals surface area contributed by atoms with Crippen LogP contribution in [0.15, 0.2) is 9.98 Å². The van der Waals surface area contributed by atoms with Crippen LogP contribution >= 0.6 is 0 Å². The molecule has 0 aromatic carbocycles. The van der Waals surface area contributed by atoms with Crippen molar-refractivity contribution in [1.29, 1.82) is 0 Å². The van der Waals surface area contributed by atoms with Crippen LogP contribution in [0.1, 0.15) is 65.7 Å². The van der Waals surface area contributed by atoms with E-state index in [0.717, 1.165) is 0 Å². The van der Waals surface area contributed by atoms with Crippen molar-refractivity contribution >= 4 is 53.4 Å². The average molecular weight is 731 g/mol. The molecule has 0 spiro atoms. The Balaban J connectivity index is 6.22. The Morgan fingerprint density at radius 1 is 0.608 bits per heavy atom. The lowest BCUT2D eigenvalue weighted by Gasteiger charge is -2.27. The average Bonchev–Trinajstić information content (AvgIpc) is 3.02. The molecule has 290 valence electrons. The van der Waals surface area contributed by atoms with Gasteiger partial charge in [0.15, 0.2) is 11.9 Å². The van der Waals surface area contributed by atoms with Crippen LogP contribution in [0.4, 0.5) is 0 Å². The summed E-state index contributed by atoms with van der Waals surface area (Å²) in [6.07, 6.45) is -1.91. The zero-order valence-corrected chi connectivity index (χ0v) is 29.1. The van der Waals surface area contributed by atoms with Crippen LogP contribution < -0.4 is 55.3 Å². The number of aliphatic hydroxyl groups is 1. The van der Waals surface area contributed by atoms with Gasteiger partial charge < -0.3 is 70.6 Å². The molecule has 0 saturated heterocycles. The van der Waals surface area contributed by atoms with Gasteiger partial charge in [-0.15, -0.1) is 0 Å². The molecule has 0 aromatic rings. The van der Waals surface area contributed by atoms with Gasteiger partial charge in [-0.25, -0.2) is 0 Å². The summed E-state index contributed by atoms with van der Waals surface area (Å²) < 4.78 is 0. The van der Waals surface area contributed by atoms with Gasteiger partial charge in [-0.2, -0.15) is 0 Å². The highest BCUT2D eigenvalue weighted by atomic mass is 16.4. The fraction of sp³-hybridized carbons (Fsp3) is 0.690. The monoisotopic (exact) mass is 730 g/mol. The first-order chi connectivity index (χ1) is 23.7. The van der Waals surface area contributed by atoms with Gasteiger partial charge in [-0.1, -0.05) is 13.8 Å². The van der Waals surface area contributed by atoms with Crippen LogP contribution in [0.25, 0.3) is 0 Å². The number of nitrogens with one attached hydrogen (secondary N) is 5. The lowest BCUT2D eigenvalue weighted by Crippen LogP contribution is -2.59. The first-order valence-electron chi connectivity index (χ1n) is 16.2. The van der Waals surface area contributed by atoms with Gasteiger partial charge >= 0.3 is 11.9 Å². The molecule has 51 heavy (non-hydrogen) atoms. The van der Waals surface area contributed by atoms with Crippen molar-refractivity contribution < 1.29 is 48.9 Å². The molecule has 0 heterocycles. The molecule has 0 rings (SSSR count). The minimum absolute atomic E-state index is 0.0113. The van der Waals surface area contributed by atoms with E-state index in [4.69, 9.17) is 33.8 Å². The second kappa shape index (κ2) is 24.0. The Hall–Kier alpha value is -5.25. The number of nitrogens with two attached hydrogens (primary N) is 5. The third kappa shape index (κ3) is 20.8. The molecule has 5 amide bonds. The van der Waals surface area contributed by atoms with Crippen molar-refractivity contribution in [2.45, 2.75) is 102 Å². The van der Waals surface area contributed by atoms with E-state index in [1.54, 1.807) is 13.8 Å². The maximum absolute atomic E-state index is 13.6. The lowest BCUT2D eigenvalue weighted by molar-refractivity contribution is -0.139. The molecular weight excluding hydrogens is 676 g/mol. The van der Waals surface area contributed by atoms with E-state index in [9.17, 15) is 43.8 Å². The van der Waals surface area contributed by atoms with E-state index >= 15 is 0 Å². The highest BCUT2D eigenvalue weighted by Gasteiger charge is 2.33. The highest BCUT2D eigenvalue weighted by molar-refractivity contribution is 5.96. The predicted molar refractivity (Wildman–Crippen MR) is 184 cm³/mol. The van der Waals surface area contributed by atoms with Crippen LogP contribution in [-0.2, 0) is 33.6 Å². The lowest BCUT2D eigenvalue weighted by atomic mass is 10.0. The molecule has 0 unspecified atom stereocenters. The van der Waals surface area contributed by atoms with Crippen molar-refractivity contribution in [3.05, 3.63) is 0 Å². The molecule has 0 aliphatic heterocycles. The number of carboxylic acids is 2. The smallest absolute Gasteiger partial charge is 0.322 e. The summed E-state index contributed by atoms with van der Waals surface area (Å²) in [7, 11) is 0. The van der Waals surface area contributed by atoms with E-state index in [0.29, 0.717) is 0 Å². The Morgan fingerprint density at radius 3 is 1.43 bits per heavy atom. The van der Waals surface area contributed by atoms with E-state index < -0.39 is 97.2 Å². The molecule has 6 atom stereocenters. The summed E-state index contributed by atoms with van der Waals surface area (Å²) in [6.45, 7) is 4.20. The van der Waals surface area contributed by atoms with Crippen LogP contribution in [0.2, 0.25) is 0 Å². The molecule has 0 aliphatic carbocycles. The van der Waals surface area contributed by atoms with Crippen molar-refractivity contribution in [2.75, 3.05) is 19.6 Å². The molecule has 18 N–H and O–H groups in total. The number of aliphatic imine (C=N–C) groups is 2. The summed E-state index contributed by atoms with van der Waals surface area (Å²) in [5.74, 6) is -7.60. The van der Waals surface area contributed by atoms with Crippen LogP contribution in [0, 0.1) is 5.92 Å². The third-order valence-corrected chi connectivity index (χ3v) is 7.01. The molecular formula is C29H54N12O10. The maximum atomic E-state index is 13.6. The number of nitrogens with zero attached hydrogens (tertiary/aromatic N) is 2. The number of carbonyl (C=O) groups excluding carboxylic acids is 5. The number of carbonyl (C=O) groups is 7. The number of hydrogen-bond acceptors (Lipinski definition) is 11. The summed E-state index contributed by atoms with van der Waals surface area (Å²) in [6, 6.07) is -6.80. The maximum Gasteiger partial charge on any atom is 0.322 e. The van der Waals surface area contributed by atoms with Gasteiger partial charge in [0, 0.05) is 19.5 Å². The number of hydrogen-bond donors (Lipinski definition) is 13. The number of amides is 5. The van der Waals surface area contributed by atoms with Gasteiger partial charge in [-0.3, -0.25) is 43.5 Å². The molecule has 0 aliphatic rings. The first kappa shape index (κ1) is 45.8. The van der Waals surface area contributed by atoms with Gasteiger partial charge in [0.05, 0.1) is 6.10 Å². The normalized spacial score (nSPS) is 14.3. The van der Waals surface area contributed by atoms with Crippen molar-refractivity contribution in [1.82, 2.24) is 26.6 Å². The van der Waals surface area contributed by atoms with Crippen LogP contribution in [-0.4, -0.2) is 125 Å². The van der Waals surface area contributed by atoms with Gasteiger partial charge in [0.2, 0.25) is 29.5 Å². The van der Waals surface area contributed by atoms with E-state index in [1.165, 1.54) is 6.92 Å². The summed E-state index contributed by atoms with van der Waals surface area (Å²) >= 11 is 0. The standard InChI is InChI=1S/C29H54N12O10/c1-14(2)12-19(26(50)38-16(6-4-10-35-28(31)32)23(47)37-13-21(45)46)41-25(49)18(8-9-20(43)44)39-24(48)17(7-5-11-36-29(33)34)40-27(51)22(30)15(3)42/h14-19,22,42H,4-13,30H2,1-3H3,(H,37,47)(H,38,50)(H,39,48)(H,40,51)(H,41,49)(H,43,44)(H,45,46)(H4,31,32,35)(H4,33,34,36)/t15-,16+,17+,18+,19+,22+/m1/s1. The minimum Gasteiger partial charge on any atom is -0.481 e. The Morgan fingerprint density at radius 2 is 1.02 bits per heavy atom. The first-order valence-corrected chi connectivity index (χ1v) is 16.2. The van der Waals surface area contributed by atoms with Gasteiger partial charge in [0.1, 0.15) is 36.8 Å². The second-order valence-corrected chi connectivity index (χ2v) is 12.1. The molecule has 0 aromatic heterocycles. The molecule has 0 radical (unpaired) electrons. The van der Waals surface area contributed by atoms with Crippen molar-refractivity contribution in [3.8, 4) is 0 Å². The number of carboxylic acid groups (broad SMARTS) is 2. The summed E-state index contributed by atoms with van der Waals surface area (Å²) in [5.41, 5.74) is 27.0. The predicted octanol–water partition coefficient (Wildman–Crippen LogP) is -5.15. The molecule has 0 fully saturated rings. The fourth-order valence-electron chi connectivity index (χ4n) is 4.37. The second-order valence-electron chi connectivity index (χ2n) is 12.1. The third-order valence-electron chi connectivity index (χ3n) is 7.01. The minimum atomic E-state index is -1.52. The van der Waals surface area contributed by atoms with E-state index in [2.05, 4.69) is 36.6 Å². The van der Waals surface area contributed by atoms with Gasteiger partial charge in [0.25, 0.3) is 0 Å². The van der Waals surface area contributed by atoms with Crippen molar-refractivity contribution in [3.63, 3.8) is 0 Å². The van der Waals surface area contributed by atoms with Crippen molar-refractivity contribution in [2.24, 2.45) is 44.6 Å². The number of aliphatic carboxylic acids is 2. The van der Waals surface area contributed by atoms with Crippen LogP contribution in [0.5, 0.6) is 0 Å². The molecule has 22 heteroatoms. The highest BCUT2D eigenvalue weighted by Crippen LogP contribution is 2.10. The van der Waals surface area contributed by atoms with Gasteiger partial charge in [-0.05, 0) is 51.4 Å². The topological polar surface area (TPSA) is 395 Å².